The molecule has 1 aliphatic carbocycles. The predicted molar refractivity (Wildman–Crippen MR) is 72.2 cm³/mol. The number of carbonyl (C=O) groups excluding carboxylic acids is 1. The summed E-state index contributed by atoms with van der Waals surface area (Å²) in [5.74, 6) is 1.54. The van der Waals surface area contributed by atoms with Crippen molar-refractivity contribution < 1.29 is 4.79 Å². The van der Waals surface area contributed by atoms with Gasteiger partial charge in [0.05, 0.1) is 0 Å². The molecular weight excluding hydrogens is 222 g/mol. The van der Waals surface area contributed by atoms with Crippen LogP contribution in [-0.4, -0.2) is 23.8 Å². The van der Waals surface area contributed by atoms with Gasteiger partial charge in [-0.15, -0.1) is 0 Å². The zero-order chi connectivity index (χ0) is 12.4. The standard InChI is InChI=1S/C16H21NO/c18-16-8-4-7-14-12-17(10-9-15(14)16)11-13-5-2-1-3-6-13/h1-3,5-6,14-15H,4,7-12H2/t14-,15-/m0/s1. The minimum absolute atomic E-state index is 0.380. The van der Waals surface area contributed by atoms with Crippen molar-refractivity contribution in [3.05, 3.63) is 35.9 Å². The molecule has 1 saturated heterocycles. The van der Waals surface area contributed by atoms with Crippen LogP contribution in [0.2, 0.25) is 0 Å². The molecule has 1 heterocycles. The fourth-order valence-corrected chi connectivity index (χ4v) is 3.53. The molecule has 0 bridgehead atoms. The molecule has 1 saturated carbocycles. The van der Waals surface area contributed by atoms with E-state index in [1.54, 1.807) is 0 Å². The van der Waals surface area contributed by atoms with Crippen LogP contribution in [-0.2, 0) is 11.3 Å². The topological polar surface area (TPSA) is 20.3 Å². The Bertz CT molecular complexity index is 414. The summed E-state index contributed by atoms with van der Waals surface area (Å²) < 4.78 is 0. The van der Waals surface area contributed by atoms with Gasteiger partial charge in [0, 0.05) is 25.4 Å². The zero-order valence-electron chi connectivity index (χ0n) is 10.8. The molecule has 1 aromatic rings. The lowest BCUT2D eigenvalue weighted by atomic mass is 9.74. The van der Waals surface area contributed by atoms with E-state index in [9.17, 15) is 4.79 Å². The zero-order valence-corrected chi connectivity index (χ0v) is 10.8. The van der Waals surface area contributed by atoms with Crippen LogP contribution in [0.15, 0.2) is 30.3 Å². The van der Waals surface area contributed by atoms with Crippen LogP contribution < -0.4 is 0 Å². The fraction of sp³-hybridized carbons (Fsp3) is 0.562. The summed E-state index contributed by atoms with van der Waals surface area (Å²) in [5, 5.41) is 0. The summed E-state index contributed by atoms with van der Waals surface area (Å²) in [6.07, 6.45) is 4.27. The van der Waals surface area contributed by atoms with E-state index in [1.807, 2.05) is 0 Å². The molecule has 0 spiro atoms. The first-order valence-corrected chi connectivity index (χ1v) is 7.12. The van der Waals surface area contributed by atoms with Gasteiger partial charge in [-0.3, -0.25) is 9.69 Å². The van der Waals surface area contributed by atoms with Gasteiger partial charge < -0.3 is 0 Å². The van der Waals surface area contributed by atoms with Crippen molar-refractivity contribution in [2.75, 3.05) is 13.1 Å². The number of hydrogen-bond acceptors (Lipinski definition) is 2. The summed E-state index contributed by atoms with van der Waals surface area (Å²) in [6, 6.07) is 10.7. The van der Waals surface area contributed by atoms with E-state index < -0.39 is 0 Å². The van der Waals surface area contributed by atoms with Crippen LogP contribution in [0, 0.1) is 11.8 Å². The van der Waals surface area contributed by atoms with E-state index in [0.717, 1.165) is 38.9 Å². The Morgan fingerprint density at radius 3 is 2.83 bits per heavy atom. The molecule has 2 fully saturated rings. The van der Waals surface area contributed by atoms with Gasteiger partial charge in [0.15, 0.2) is 0 Å². The Morgan fingerprint density at radius 2 is 2.00 bits per heavy atom. The number of Topliss-reactive ketones (excluding diaryl/α,β-unsaturated/α-hetero) is 1. The second-order valence-electron chi connectivity index (χ2n) is 5.73. The number of hydrogen-bond donors (Lipinski definition) is 0. The summed E-state index contributed by atoms with van der Waals surface area (Å²) in [5.41, 5.74) is 1.39. The molecular formula is C16H21NO. The average molecular weight is 243 g/mol. The highest BCUT2D eigenvalue weighted by atomic mass is 16.1. The first kappa shape index (κ1) is 11.9. The van der Waals surface area contributed by atoms with Crippen LogP contribution in [0.1, 0.15) is 31.2 Å². The van der Waals surface area contributed by atoms with Gasteiger partial charge in [-0.1, -0.05) is 30.3 Å². The van der Waals surface area contributed by atoms with Gasteiger partial charge in [-0.2, -0.15) is 0 Å². The molecule has 96 valence electrons. The maximum Gasteiger partial charge on any atom is 0.136 e. The third-order valence-electron chi connectivity index (χ3n) is 4.48. The Morgan fingerprint density at radius 1 is 1.17 bits per heavy atom. The number of ketones is 1. The Labute approximate surface area is 109 Å². The molecule has 2 heteroatoms. The summed E-state index contributed by atoms with van der Waals surface area (Å²) in [4.78, 5) is 14.4. The third-order valence-corrected chi connectivity index (χ3v) is 4.48. The van der Waals surface area contributed by atoms with Crippen LogP contribution in [0.25, 0.3) is 0 Å². The van der Waals surface area contributed by atoms with Crippen LogP contribution in [0.3, 0.4) is 0 Å². The molecule has 2 aliphatic rings. The van der Waals surface area contributed by atoms with Crippen molar-refractivity contribution in [3.63, 3.8) is 0 Å². The highest BCUT2D eigenvalue weighted by molar-refractivity contribution is 5.82. The highest BCUT2D eigenvalue weighted by Gasteiger charge is 2.35. The molecule has 2 atom stereocenters. The number of nitrogens with zero attached hydrogens (tertiary/aromatic N) is 1. The van der Waals surface area contributed by atoms with Gasteiger partial charge in [0.2, 0.25) is 0 Å². The molecule has 0 radical (unpaired) electrons. The van der Waals surface area contributed by atoms with E-state index in [4.69, 9.17) is 0 Å². The summed E-state index contributed by atoms with van der Waals surface area (Å²) in [6.45, 7) is 3.24. The fourth-order valence-electron chi connectivity index (χ4n) is 3.53. The smallest absolute Gasteiger partial charge is 0.136 e. The highest BCUT2D eigenvalue weighted by Crippen LogP contribution is 2.34. The molecule has 18 heavy (non-hydrogen) atoms. The predicted octanol–water partition coefficient (Wildman–Crippen LogP) is 2.88. The van der Waals surface area contributed by atoms with Gasteiger partial charge in [0.25, 0.3) is 0 Å². The monoisotopic (exact) mass is 243 g/mol. The second-order valence-corrected chi connectivity index (χ2v) is 5.73. The summed E-state index contributed by atoms with van der Waals surface area (Å²) in [7, 11) is 0. The van der Waals surface area contributed by atoms with Crippen molar-refractivity contribution in [2.45, 2.75) is 32.2 Å². The van der Waals surface area contributed by atoms with Gasteiger partial charge in [0.1, 0.15) is 5.78 Å². The molecule has 3 rings (SSSR count). The van der Waals surface area contributed by atoms with Crippen molar-refractivity contribution in [1.82, 2.24) is 4.90 Å². The molecule has 0 amide bonds. The SMILES string of the molecule is O=C1CCC[C@H]2CN(Cc3ccccc3)CC[C@H]12. The molecule has 2 nitrogen and oxygen atoms in total. The quantitative estimate of drug-likeness (QED) is 0.796. The van der Waals surface area contributed by atoms with Crippen molar-refractivity contribution in [2.24, 2.45) is 11.8 Å². The summed E-state index contributed by atoms with van der Waals surface area (Å²) >= 11 is 0. The average Bonchev–Trinajstić information content (AvgIpc) is 2.40. The minimum Gasteiger partial charge on any atom is -0.299 e. The van der Waals surface area contributed by atoms with Gasteiger partial charge in [-0.05, 0) is 37.3 Å². The van der Waals surface area contributed by atoms with E-state index in [2.05, 4.69) is 35.2 Å². The van der Waals surface area contributed by atoms with E-state index in [0.29, 0.717) is 17.6 Å². The number of carbonyl (C=O) groups is 1. The normalized spacial score (nSPS) is 29.0. The molecule has 0 N–H and O–H groups in total. The van der Waals surface area contributed by atoms with E-state index in [1.165, 1.54) is 12.0 Å². The Kier molecular flexibility index (Phi) is 3.46. The number of piperidine rings is 1. The van der Waals surface area contributed by atoms with Gasteiger partial charge >= 0.3 is 0 Å². The molecule has 0 aromatic heterocycles. The molecule has 1 aliphatic heterocycles. The number of benzene rings is 1. The lowest BCUT2D eigenvalue weighted by molar-refractivity contribution is -0.129. The number of rotatable bonds is 2. The third kappa shape index (κ3) is 2.49. The largest absolute Gasteiger partial charge is 0.299 e. The van der Waals surface area contributed by atoms with Crippen molar-refractivity contribution >= 4 is 5.78 Å². The van der Waals surface area contributed by atoms with Crippen molar-refractivity contribution in [3.8, 4) is 0 Å². The molecule has 0 unspecified atom stereocenters. The van der Waals surface area contributed by atoms with Crippen LogP contribution in [0.4, 0.5) is 0 Å². The number of fused-ring (bicyclic) bond motifs is 1. The second kappa shape index (κ2) is 5.23. The van der Waals surface area contributed by atoms with Crippen LogP contribution >= 0.6 is 0 Å². The lowest BCUT2D eigenvalue weighted by Crippen LogP contribution is -2.44. The maximum atomic E-state index is 11.9. The van der Waals surface area contributed by atoms with Gasteiger partial charge in [-0.25, -0.2) is 0 Å². The van der Waals surface area contributed by atoms with Crippen LogP contribution in [0.5, 0.6) is 0 Å². The lowest BCUT2D eigenvalue weighted by Gasteiger charge is -2.40. The number of likely N-dealkylation sites (tertiary alicyclic amines) is 1. The van der Waals surface area contributed by atoms with E-state index in [-0.39, 0.29) is 0 Å². The molecule has 1 aromatic carbocycles. The first-order chi connectivity index (χ1) is 8.83. The Hall–Kier alpha value is -1.15. The first-order valence-electron chi connectivity index (χ1n) is 7.12. The minimum atomic E-state index is 0.380. The van der Waals surface area contributed by atoms with E-state index >= 15 is 0 Å². The maximum absolute atomic E-state index is 11.9. The van der Waals surface area contributed by atoms with Crippen molar-refractivity contribution in [1.29, 1.82) is 0 Å². The Balaban J connectivity index is 1.62.